The Bertz CT molecular complexity index is 894. The number of pyridine rings is 1. The summed E-state index contributed by atoms with van der Waals surface area (Å²) in [4.78, 5) is 19.3. The van der Waals surface area contributed by atoms with Crippen molar-refractivity contribution < 1.29 is 13.2 Å². The highest BCUT2D eigenvalue weighted by atomic mass is 32.2. The number of aromatic nitrogens is 1. The van der Waals surface area contributed by atoms with E-state index in [1.54, 1.807) is 23.7 Å². The van der Waals surface area contributed by atoms with E-state index in [0.29, 0.717) is 30.1 Å². The number of rotatable bonds is 8. The molecule has 2 aromatic rings. The summed E-state index contributed by atoms with van der Waals surface area (Å²) in [5.74, 6) is 0.483. The zero-order valence-corrected chi connectivity index (χ0v) is 18.5. The molecule has 0 spiro atoms. The molecule has 0 aromatic carbocycles. The Kier molecular flexibility index (Phi) is 7.26. The molecular formula is C20H28N4O3S2. The van der Waals surface area contributed by atoms with Gasteiger partial charge in [-0.2, -0.15) is 4.31 Å². The molecule has 29 heavy (non-hydrogen) atoms. The number of amides is 1. The van der Waals surface area contributed by atoms with Gasteiger partial charge in [-0.1, -0.05) is 12.1 Å². The summed E-state index contributed by atoms with van der Waals surface area (Å²) in [7, 11) is -3.51. The third-order valence-electron chi connectivity index (χ3n) is 5.21. The summed E-state index contributed by atoms with van der Waals surface area (Å²) in [6.07, 6.45) is 3.16. The Morgan fingerprint density at radius 3 is 2.72 bits per heavy atom. The molecule has 3 heterocycles. The average molecular weight is 437 g/mol. The number of hydrogen-bond acceptors (Lipinski definition) is 6. The number of sulfonamides is 1. The van der Waals surface area contributed by atoms with Gasteiger partial charge in [0.2, 0.25) is 5.91 Å². The molecule has 1 aliphatic heterocycles. The number of piperidine rings is 1. The van der Waals surface area contributed by atoms with Gasteiger partial charge >= 0.3 is 0 Å². The molecule has 2 aromatic heterocycles. The minimum absolute atomic E-state index is 0.108. The van der Waals surface area contributed by atoms with Crippen LogP contribution in [0.15, 0.2) is 40.1 Å². The highest BCUT2D eigenvalue weighted by Gasteiger charge is 2.33. The first-order valence-electron chi connectivity index (χ1n) is 9.97. The second-order valence-corrected chi connectivity index (χ2v) is 10.2. The maximum atomic E-state index is 12.7. The van der Waals surface area contributed by atoms with Crippen molar-refractivity contribution in [2.45, 2.75) is 37.4 Å². The fraction of sp³-hybridized carbons (Fsp3) is 0.500. The van der Waals surface area contributed by atoms with Crippen LogP contribution in [-0.2, 0) is 21.4 Å². The Balaban J connectivity index is 1.57. The van der Waals surface area contributed by atoms with Gasteiger partial charge in [0.1, 0.15) is 10.0 Å². The lowest BCUT2D eigenvalue weighted by Crippen LogP contribution is -2.45. The van der Waals surface area contributed by atoms with Gasteiger partial charge in [0.25, 0.3) is 10.0 Å². The second kappa shape index (κ2) is 9.69. The summed E-state index contributed by atoms with van der Waals surface area (Å²) in [6, 6.07) is 7.27. The third kappa shape index (κ3) is 5.15. The van der Waals surface area contributed by atoms with Crippen molar-refractivity contribution in [2.75, 3.05) is 31.1 Å². The molecular weight excluding hydrogens is 408 g/mol. The molecule has 1 fully saturated rings. The molecule has 1 aliphatic rings. The smallest absolute Gasteiger partial charge is 0.252 e. The molecule has 1 amide bonds. The van der Waals surface area contributed by atoms with E-state index in [0.717, 1.165) is 24.5 Å². The van der Waals surface area contributed by atoms with Gasteiger partial charge in [-0.3, -0.25) is 4.79 Å². The molecule has 0 aliphatic carbocycles. The van der Waals surface area contributed by atoms with Crippen LogP contribution in [-0.4, -0.2) is 49.8 Å². The number of thiophene rings is 1. The fourth-order valence-electron chi connectivity index (χ4n) is 3.50. The van der Waals surface area contributed by atoms with Gasteiger partial charge < -0.3 is 10.2 Å². The van der Waals surface area contributed by atoms with Crippen molar-refractivity contribution in [2.24, 2.45) is 5.92 Å². The minimum atomic E-state index is -3.51. The van der Waals surface area contributed by atoms with Crippen LogP contribution in [0.5, 0.6) is 0 Å². The zero-order valence-electron chi connectivity index (χ0n) is 16.9. The zero-order chi connectivity index (χ0) is 20.9. The van der Waals surface area contributed by atoms with Crippen molar-refractivity contribution in [1.82, 2.24) is 14.6 Å². The summed E-state index contributed by atoms with van der Waals surface area (Å²) >= 11 is 1.21. The molecule has 1 saturated heterocycles. The third-order valence-corrected chi connectivity index (χ3v) is 8.45. The maximum absolute atomic E-state index is 12.7. The topological polar surface area (TPSA) is 82.6 Å². The minimum Gasteiger partial charge on any atom is -0.357 e. The summed E-state index contributed by atoms with van der Waals surface area (Å²) in [5, 5.41) is 4.69. The van der Waals surface area contributed by atoms with Gasteiger partial charge in [-0.15, -0.1) is 11.3 Å². The van der Waals surface area contributed by atoms with E-state index in [-0.39, 0.29) is 18.4 Å². The van der Waals surface area contributed by atoms with Crippen LogP contribution >= 0.6 is 11.3 Å². The lowest BCUT2D eigenvalue weighted by atomic mass is 9.99. The first-order chi connectivity index (χ1) is 14.0. The van der Waals surface area contributed by atoms with E-state index in [1.165, 1.54) is 15.6 Å². The van der Waals surface area contributed by atoms with Crippen molar-refractivity contribution in [1.29, 1.82) is 0 Å². The highest BCUT2D eigenvalue weighted by molar-refractivity contribution is 7.91. The van der Waals surface area contributed by atoms with E-state index in [4.69, 9.17) is 0 Å². The average Bonchev–Trinajstić information content (AvgIpc) is 3.30. The predicted octanol–water partition coefficient (Wildman–Crippen LogP) is 2.71. The number of anilines is 1. The van der Waals surface area contributed by atoms with Crippen LogP contribution in [0.25, 0.3) is 0 Å². The molecule has 1 unspecified atom stereocenters. The molecule has 9 heteroatoms. The summed E-state index contributed by atoms with van der Waals surface area (Å²) in [6.45, 7) is 7.04. The van der Waals surface area contributed by atoms with Crippen molar-refractivity contribution in [3.8, 4) is 0 Å². The maximum Gasteiger partial charge on any atom is 0.252 e. The van der Waals surface area contributed by atoms with Gasteiger partial charge in [0, 0.05) is 38.9 Å². The molecule has 0 saturated carbocycles. The molecule has 3 rings (SSSR count). The van der Waals surface area contributed by atoms with E-state index in [9.17, 15) is 13.2 Å². The van der Waals surface area contributed by atoms with Crippen LogP contribution in [0.4, 0.5) is 5.82 Å². The monoisotopic (exact) mass is 436 g/mol. The molecule has 0 bridgehead atoms. The van der Waals surface area contributed by atoms with Crippen LogP contribution < -0.4 is 10.2 Å². The molecule has 1 atom stereocenters. The number of nitrogens with one attached hydrogen (secondary N) is 1. The van der Waals surface area contributed by atoms with E-state index < -0.39 is 10.0 Å². The quantitative estimate of drug-likeness (QED) is 0.688. The Hall–Kier alpha value is -1.97. The Labute approximate surface area is 176 Å². The summed E-state index contributed by atoms with van der Waals surface area (Å²) in [5.41, 5.74) is 0.924. The number of hydrogen-bond donors (Lipinski definition) is 1. The Morgan fingerprint density at radius 1 is 1.31 bits per heavy atom. The number of nitrogens with zero attached hydrogens (tertiary/aromatic N) is 3. The molecule has 7 nitrogen and oxygen atoms in total. The first-order valence-corrected chi connectivity index (χ1v) is 12.3. The number of carbonyl (C=O) groups is 1. The van der Waals surface area contributed by atoms with Gasteiger partial charge in [0.15, 0.2) is 0 Å². The fourth-order valence-corrected chi connectivity index (χ4v) is 6.17. The Morgan fingerprint density at radius 2 is 2.10 bits per heavy atom. The predicted molar refractivity (Wildman–Crippen MR) is 115 cm³/mol. The van der Waals surface area contributed by atoms with Crippen LogP contribution in [0.1, 0.15) is 32.3 Å². The van der Waals surface area contributed by atoms with Crippen molar-refractivity contribution >= 4 is 33.1 Å². The van der Waals surface area contributed by atoms with Crippen LogP contribution in [0.3, 0.4) is 0 Å². The van der Waals surface area contributed by atoms with E-state index in [1.807, 2.05) is 12.1 Å². The van der Waals surface area contributed by atoms with Crippen LogP contribution in [0.2, 0.25) is 0 Å². The lowest BCUT2D eigenvalue weighted by Gasteiger charge is -2.30. The molecule has 158 valence electrons. The molecule has 0 radical (unpaired) electrons. The van der Waals surface area contributed by atoms with Crippen molar-refractivity contribution in [3.63, 3.8) is 0 Å². The molecule has 1 N–H and O–H groups in total. The van der Waals surface area contributed by atoms with Crippen molar-refractivity contribution in [3.05, 3.63) is 41.4 Å². The van der Waals surface area contributed by atoms with E-state index >= 15 is 0 Å². The standard InChI is InChI=1S/C20H28N4O3S2/c1-3-23(4-2)18-10-9-16(13-21-18)14-22-20(25)17-7-5-11-24(15-17)29(26,27)19-8-6-12-28-19/h6,8-10,12-13,17H,3-5,7,11,14-15H2,1-2H3,(H,22,25). The summed E-state index contributed by atoms with van der Waals surface area (Å²) < 4.78 is 27.2. The largest absolute Gasteiger partial charge is 0.357 e. The highest BCUT2D eigenvalue weighted by Crippen LogP contribution is 2.26. The SMILES string of the molecule is CCN(CC)c1ccc(CNC(=O)C2CCCN(S(=O)(=O)c3cccs3)C2)cn1. The first kappa shape index (κ1) is 21.7. The van der Waals surface area contributed by atoms with Gasteiger partial charge in [-0.25, -0.2) is 13.4 Å². The number of carbonyl (C=O) groups excluding carboxylic acids is 1. The van der Waals surface area contributed by atoms with Gasteiger partial charge in [-0.05, 0) is 49.8 Å². The van der Waals surface area contributed by atoms with Gasteiger partial charge in [0.05, 0.1) is 5.92 Å². The van der Waals surface area contributed by atoms with E-state index in [2.05, 4.69) is 29.0 Å². The normalized spacial score (nSPS) is 17.8. The van der Waals surface area contributed by atoms with Crippen LogP contribution in [0, 0.1) is 5.92 Å². The lowest BCUT2D eigenvalue weighted by molar-refractivity contribution is -0.126. The second-order valence-electron chi connectivity index (χ2n) is 7.05.